The summed E-state index contributed by atoms with van der Waals surface area (Å²) in [5.41, 5.74) is 2.88. The highest BCUT2D eigenvalue weighted by atomic mass is 32.1. The van der Waals surface area contributed by atoms with Gasteiger partial charge in [0, 0.05) is 10.9 Å². The van der Waals surface area contributed by atoms with E-state index < -0.39 is 0 Å². The van der Waals surface area contributed by atoms with Gasteiger partial charge in [-0.15, -0.1) is 11.3 Å². The minimum absolute atomic E-state index is 0.572. The van der Waals surface area contributed by atoms with E-state index in [2.05, 4.69) is 61.1 Å². The SMILES string of the molecule is CNC(CCc1ccccc1C)Cc1cccs1. The Morgan fingerprint density at radius 2 is 2.00 bits per heavy atom. The fraction of sp³-hybridized carbons (Fsp3) is 0.375. The van der Waals surface area contributed by atoms with Gasteiger partial charge in [-0.05, 0) is 55.8 Å². The first kappa shape index (κ1) is 13.3. The molecule has 0 saturated heterocycles. The fourth-order valence-electron chi connectivity index (χ4n) is 2.24. The Bertz CT molecular complexity index is 462. The van der Waals surface area contributed by atoms with Crippen molar-refractivity contribution in [3.63, 3.8) is 0 Å². The molecule has 96 valence electrons. The average Bonchev–Trinajstić information content (AvgIpc) is 2.89. The molecule has 18 heavy (non-hydrogen) atoms. The number of hydrogen-bond donors (Lipinski definition) is 1. The molecule has 1 heterocycles. The molecule has 2 rings (SSSR count). The van der Waals surface area contributed by atoms with Gasteiger partial charge in [0.1, 0.15) is 0 Å². The van der Waals surface area contributed by atoms with Crippen molar-refractivity contribution in [3.8, 4) is 0 Å². The summed E-state index contributed by atoms with van der Waals surface area (Å²) in [7, 11) is 2.07. The number of rotatable bonds is 6. The van der Waals surface area contributed by atoms with Crippen molar-refractivity contribution in [3.05, 3.63) is 57.8 Å². The number of nitrogens with one attached hydrogen (secondary N) is 1. The maximum atomic E-state index is 3.44. The van der Waals surface area contributed by atoms with E-state index in [4.69, 9.17) is 0 Å². The minimum Gasteiger partial charge on any atom is -0.317 e. The first-order valence-corrected chi connectivity index (χ1v) is 7.41. The molecule has 0 saturated carbocycles. The highest BCUT2D eigenvalue weighted by Gasteiger charge is 2.08. The van der Waals surface area contributed by atoms with Crippen LogP contribution in [0, 0.1) is 6.92 Å². The summed E-state index contributed by atoms with van der Waals surface area (Å²) in [4.78, 5) is 1.47. The first-order chi connectivity index (χ1) is 8.79. The molecule has 0 amide bonds. The molecule has 1 aromatic carbocycles. The van der Waals surface area contributed by atoms with Crippen LogP contribution in [0.15, 0.2) is 41.8 Å². The van der Waals surface area contributed by atoms with E-state index in [1.807, 2.05) is 11.3 Å². The summed E-state index contributed by atoms with van der Waals surface area (Å²) in [6.45, 7) is 2.20. The summed E-state index contributed by atoms with van der Waals surface area (Å²) in [5, 5.41) is 5.59. The van der Waals surface area contributed by atoms with Crippen molar-refractivity contribution < 1.29 is 0 Å². The molecule has 1 atom stereocenters. The van der Waals surface area contributed by atoms with Crippen LogP contribution in [-0.4, -0.2) is 13.1 Å². The molecule has 0 aliphatic heterocycles. The van der Waals surface area contributed by atoms with Crippen molar-refractivity contribution >= 4 is 11.3 Å². The summed E-state index contributed by atoms with van der Waals surface area (Å²) in [6, 6.07) is 13.6. The van der Waals surface area contributed by atoms with Crippen LogP contribution in [0.4, 0.5) is 0 Å². The number of benzene rings is 1. The van der Waals surface area contributed by atoms with Crippen LogP contribution >= 0.6 is 11.3 Å². The normalized spacial score (nSPS) is 12.6. The van der Waals surface area contributed by atoms with Crippen LogP contribution in [0.3, 0.4) is 0 Å². The van der Waals surface area contributed by atoms with Crippen LogP contribution in [-0.2, 0) is 12.8 Å². The highest BCUT2D eigenvalue weighted by molar-refractivity contribution is 7.09. The van der Waals surface area contributed by atoms with Gasteiger partial charge < -0.3 is 5.32 Å². The molecule has 1 nitrogen and oxygen atoms in total. The predicted molar refractivity (Wildman–Crippen MR) is 80.4 cm³/mol. The number of aryl methyl sites for hydroxylation is 2. The summed E-state index contributed by atoms with van der Waals surface area (Å²) in [5.74, 6) is 0. The van der Waals surface area contributed by atoms with Crippen LogP contribution < -0.4 is 5.32 Å². The lowest BCUT2D eigenvalue weighted by Gasteiger charge is -2.16. The third-order valence-electron chi connectivity index (χ3n) is 3.46. The molecular formula is C16H21NS. The molecule has 1 N–H and O–H groups in total. The van der Waals surface area contributed by atoms with Crippen molar-refractivity contribution in [2.24, 2.45) is 0 Å². The van der Waals surface area contributed by atoms with Gasteiger partial charge >= 0.3 is 0 Å². The molecule has 0 aliphatic carbocycles. The van der Waals surface area contributed by atoms with Gasteiger partial charge in [-0.25, -0.2) is 0 Å². The zero-order valence-electron chi connectivity index (χ0n) is 11.1. The minimum atomic E-state index is 0.572. The van der Waals surface area contributed by atoms with E-state index in [1.54, 1.807) is 0 Å². The third-order valence-corrected chi connectivity index (χ3v) is 4.36. The van der Waals surface area contributed by atoms with E-state index >= 15 is 0 Å². The van der Waals surface area contributed by atoms with Crippen molar-refractivity contribution in [2.75, 3.05) is 7.05 Å². The topological polar surface area (TPSA) is 12.0 Å². The van der Waals surface area contributed by atoms with Gasteiger partial charge in [-0.3, -0.25) is 0 Å². The van der Waals surface area contributed by atoms with Crippen molar-refractivity contribution in [1.29, 1.82) is 0 Å². The van der Waals surface area contributed by atoms with Crippen LogP contribution in [0.5, 0.6) is 0 Å². The fourth-order valence-corrected chi connectivity index (χ4v) is 3.03. The van der Waals surface area contributed by atoms with Gasteiger partial charge in [0.2, 0.25) is 0 Å². The molecule has 0 aliphatic rings. The Morgan fingerprint density at radius 1 is 1.17 bits per heavy atom. The average molecular weight is 259 g/mol. The zero-order chi connectivity index (χ0) is 12.8. The lowest BCUT2D eigenvalue weighted by molar-refractivity contribution is 0.523. The molecule has 1 unspecified atom stereocenters. The van der Waals surface area contributed by atoms with Gasteiger partial charge in [-0.1, -0.05) is 30.3 Å². The van der Waals surface area contributed by atoms with E-state index in [1.165, 1.54) is 22.4 Å². The third kappa shape index (κ3) is 3.69. The lowest BCUT2D eigenvalue weighted by atomic mass is 9.99. The molecular weight excluding hydrogens is 238 g/mol. The second-order valence-electron chi connectivity index (χ2n) is 4.73. The second kappa shape index (κ2) is 6.72. The monoisotopic (exact) mass is 259 g/mol. The molecule has 2 aromatic rings. The summed E-state index contributed by atoms with van der Waals surface area (Å²) in [6.07, 6.45) is 3.49. The smallest absolute Gasteiger partial charge is 0.0115 e. The Hall–Kier alpha value is -1.12. The van der Waals surface area contributed by atoms with Gasteiger partial charge in [0.15, 0.2) is 0 Å². The van der Waals surface area contributed by atoms with Gasteiger partial charge in [0.25, 0.3) is 0 Å². The van der Waals surface area contributed by atoms with E-state index in [9.17, 15) is 0 Å². The Balaban J connectivity index is 1.89. The first-order valence-electron chi connectivity index (χ1n) is 6.53. The number of thiophene rings is 1. The quantitative estimate of drug-likeness (QED) is 0.831. The Kier molecular flexibility index (Phi) is 4.97. The number of likely N-dealkylation sites (N-methyl/N-ethyl adjacent to an activating group) is 1. The standard InChI is InChI=1S/C16H21NS/c1-13-6-3-4-7-14(13)9-10-15(17-2)12-16-8-5-11-18-16/h3-8,11,15,17H,9-10,12H2,1-2H3. The molecule has 0 bridgehead atoms. The molecule has 1 aromatic heterocycles. The van der Waals surface area contributed by atoms with Crippen LogP contribution in [0.25, 0.3) is 0 Å². The van der Waals surface area contributed by atoms with Gasteiger partial charge in [-0.2, -0.15) is 0 Å². The maximum absolute atomic E-state index is 3.44. The number of hydrogen-bond acceptors (Lipinski definition) is 2. The highest BCUT2D eigenvalue weighted by Crippen LogP contribution is 2.15. The molecule has 0 fully saturated rings. The lowest BCUT2D eigenvalue weighted by Crippen LogP contribution is -2.27. The van der Waals surface area contributed by atoms with Crippen molar-refractivity contribution in [1.82, 2.24) is 5.32 Å². The van der Waals surface area contributed by atoms with E-state index in [0.29, 0.717) is 6.04 Å². The second-order valence-corrected chi connectivity index (χ2v) is 5.77. The summed E-state index contributed by atoms with van der Waals surface area (Å²) < 4.78 is 0. The van der Waals surface area contributed by atoms with E-state index in [0.717, 1.165) is 12.8 Å². The predicted octanol–water partition coefficient (Wildman–Crippen LogP) is 3.82. The maximum Gasteiger partial charge on any atom is 0.0115 e. The molecule has 2 heteroatoms. The molecule has 0 spiro atoms. The van der Waals surface area contributed by atoms with Crippen molar-refractivity contribution in [2.45, 2.75) is 32.2 Å². The summed E-state index contributed by atoms with van der Waals surface area (Å²) >= 11 is 1.85. The zero-order valence-corrected chi connectivity index (χ0v) is 12.0. The Labute approximate surface area is 114 Å². The molecule has 0 radical (unpaired) electrons. The largest absolute Gasteiger partial charge is 0.317 e. The van der Waals surface area contributed by atoms with Crippen LogP contribution in [0.1, 0.15) is 22.4 Å². The Morgan fingerprint density at radius 3 is 2.67 bits per heavy atom. The van der Waals surface area contributed by atoms with Gasteiger partial charge in [0.05, 0.1) is 0 Å². The van der Waals surface area contributed by atoms with Crippen LogP contribution in [0.2, 0.25) is 0 Å². The van der Waals surface area contributed by atoms with E-state index in [-0.39, 0.29) is 0 Å².